The number of likely N-dealkylation sites (tertiary alicyclic amines) is 1. The summed E-state index contributed by atoms with van der Waals surface area (Å²) in [6.07, 6.45) is 3.31. The van der Waals surface area contributed by atoms with Crippen LogP contribution in [0.25, 0.3) is 0 Å². The summed E-state index contributed by atoms with van der Waals surface area (Å²) >= 11 is 0. The number of benzene rings is 2. The van der Waals surface area contributed by atoms with Crippen LogP contribution in [-0.4, -0.2) is 46.8 Å². The molecule has 1 aromatic heterocycles. The molecule has 0 saturated carbocycles. The van der Waals surface area contributed by atoms with Crippen molar-refractivity contribution in [2.24, 2.45) is 5.92 Å². The van der Waals surface area contributed by atoms with Gasteiger partial charge in [-0.1, -0.05) is 30.3 Å². The molecule has 166 valence electrons. The Morgan fingerprint density at radius 1 is 1.00 bits per heavy atom. The van der Waals surface area contributed by atoms with Gasteiger partial charge in [0, 0.05) is 43.1 Å². The van der Waals surface area contributed by atoms with Gasteiger partial charge in [-0.2, -0.15) is 5.10 Å². The van der Waals surface area contributed by atoms with Crippen molar-refractivity contribution in [3.8, 4) is 0 Å². The van der Waals surface area contributed by atoms with Crippen LogP contribution in [0.4, 0.5) is 5.69 Å². The number of fused-ring (bicyclic) bond motifs is 1. The number of para-hydroxylation sites is 1. The zero-order valence-corrected chi connectivity index (χ0v) is 19.1. The van der Waals surface area contributed by atoms with Gasteiger partial charge >= 0.3 is 0 Å². The molecule has 1 saturated heterocycles. The van der Waals surface area contributed by atoms with Crippen molar-refractivity contribution in [1.29, 1.82) is 0 Å². The second-order valence-electron chi connectivity index (χ2n) is 9.35. The second-order valence-corrected chi connectivity index (χ2v) is 9.35. The number of hydrogen-bond donors (Lipinski definition) is 0. The number of carbonyl (C=O) groups excluding carboxylic acids is 1. The van der Waals surface area contributed by atoms with E-state index in [0.717, 1.165) is 68.0 Å². The van der Waals surface area contributed by atoms with Gasteiger partial charge in [0.25, 0.3) is 5.91 Å². The fraction of sp³-hybridized carbons (Fsp3) is 0.407. The van der Waals surface area contributed by atoms with E-state index in [4.69, 9.17) is 0 Å². The lowest BCUT2D eigenvalue weighted by atomic mass is 9.95. The Morgan fingerprint density at radius 3 is 2.59 bits per heavy atom. The Balaban J connectivity index is 1.18. The monoisotopic (exact) mass is 428 g/mol. The van der Waals surface area contributed by atoms with Crippen LogP contribution in [0.15, 0.2) is 54.6 Å². The van der Waals surface area contributed by atoms with E-state index in [-0.39, 0.29) is 5.91 Å². The van der Waals surface area contributed by atoms with Crippen LogP contribution in [0.5, 0.6) is 0 Å². The highest BCUT2D eigenvalue weighted by molar-refractivity contribution is 5.94. The molecule has 0 N–H and O–H groups in total. The highest BCUT2D eigenvalue weighted by Crippen LogP contribution is 2.30. The number of amides is 1. The third-order valence-electron chi connectivity index (χ3n) is 6.97. The predicted octanol–water partition coefficient (Wildman–Crippen LogP) is 4.46. The molecule has 0 radical (unpaired) electrons. The van der Waals surface area contributed by atoms with Crippen molar-refractivity contribution in [2.45, 2.75) is 39.7 Å². The van der Waals surface area contributed by atoms with Crippen molar-refractivity contribution in [2.75, 3.05) is 31.1 Å². The molecule has 5 heteroatoms. The van der Waals surface area contributed by atoms with E-state index in [2.05, 4.69) is 53.3 Å². The molecule has 5 nitrogen and oxygen atoms in total. The summed E-state index contributed by atoms with van der Waals surface area (Å²) in [5.41, 5.74) is 6.95. The summed E-state index contributed by atoms with van der Waals surface area (Å²) in [5, 5.41) is 4.55. The van der Waals surface area contributed by atoms with Gasteiger partial charge in [-0.3, -0.25) is 9.48 Å². The number of hydrogen-bond acceptors (Lipinski definition) is 3. The molecule has 0 unspecified atom stereocenters. The maximum absolute atomic E-state index is 13.2. The van der Waals surface area contributed by atoms with Crippen molar-refractivity contribution >= 4 is 11.6 Å². The number of nitrogens with zero attached hydrogens (tertiary/aromatic N) is 4. The molecule has 3 heterocycles. The normalized spacial score (nSPS) is 16.4. The zero-order chi connectivity index (χ0) is 22.1. The van der Waals surface area contributed by atoms with Crippen LogP contribution in [0.1, 0.15) is 45.7 Å². The SMILES string of the molecule is Cc1cc(C)n(Cc2cccc(C(=O)N3CCC(CN4CCc5ccccc54)CC3)c2)n1. The minimum Gasteiger partial charge on any atom is -0.371 e. The van der Waals surface area contributed by atoms with E-state index >= 15 is 0 Å². The van der Waals surface area contributed by atoms with Crippen LogP contribution in [0.3, 0.4) is 0 Å². The first-order valence-electron chi connectivity index (χ1n) is 11.8. The highest BCUT2D eigenvalue weighted by Gasteiger charge is 2.27. The molecule has 1 amide bonds. The molecule has 0 spiro atoms. The Labute approximate surface area is 190 Å². The highest BCUT2D eigenvalue weighted by atomic mass is 16.2. The zero-order valence-electron chi connectivity index (χ0n) is 19.1. The van der Waals surface area contributed by atoms with E-state index in [1.54, 1.807) is 0 Å². The van der Waals surface area contributed by atoms with Crippen molar-refractivity contribution in [3.05, 3.63) is 82.7 Å². The summed E-state index contributed by atoms with van der Waals surface area (Å²) in [6, 6.07) is 18.9. The van der Waals surface area contributed by atoms with E-state index in [1.165, 1.54) is 11.3 Å². The molecule has 2 aliphatic rings. The molecule has 5 rings (SSSR count). The molecular formula is C27H32N4O. The molecular weight excluding hydrogens is 396 g/mol. The third kappa shape index (κ3) is 4.29. The average Bonchev–Trinajstić information content (AvgIpc) is 3.36. The average molecular weight is 429 g/mol. The molecule has 0 aliphatic carbocycles. The minimum atomic E-state index is 0.158. The van der Waals surface area contributed by atoms with Crippen LogP contribution in [-0.2, 0) is 13.0 Å². The Morgan fingerprint density at radius 2 is 1.81 bits per heavy atom. The maximum atomic E-state index is 13.2. The van der Waals surface area contributed by atoms with E-state index in [1.807, 2.05) is 34.7 Å². The standard InChI is InChI=1S/C27H32N4O/c1-20-16-21(2)31(28-20)19-23-6-5-8-25(17-23)27(32)29-13-10-22(11-14-29)18-30-15-12-24-7-3-4-9-26(24)30/h3-9,16-17,22H,10-15,18-19H2,1-2H3. The van der Waals surface area contributed by atoms with E-state index in [0.29, 0.717) is 12.5 Å². The van der Waals surface area contributed by atoms with Gasteiger partial charge in [0.15, 0.2) is 0 Å². The fourth-order valence-electron chi connectivity index (χ4n) is 5.22. The number of carbonyl (C=O) groups is 1. The lowest BCUT2D eigenvalue weighted by Crippen LogP contribution is -2.41. The van der Waals surface area contributed by atoms with Crippen molar-refractivity contribution < 1.29 is 4.79 Å². The molecule has 2 aliphatic heterocycles. The minimum absolute atomic E-state index is 0.158. The van der Waals surface area contributed by atoms with Gasteiger partial charge in [-0.25, -0.2) is 0 Å². The Hall–Kier alpha value is -3.08. The summed E-state index contributed by atoms with van der Waals surface area (Å²) in [5.74, 6) is 0.813. The van der Waals surface area contributed by atoms with Gasteiger partial charge in [0.1, 0.15) is 0 Å². The van der Waals surface area contributed by atoms with Crippen LogP contribution in [0.2, 0.25) is 0 Å². The number of piperidine rings is 1. The number of aromatic nitrogens is 2. The van der Waals surface area contributed by atoms with Gasteiger partial charge in [-0.05, 0) is 74.4 Å². The summed E-state index contributed by atoms with van der Waals surface area (Å²) in [7, 11) is 0. The first-order valence-corrected chi connectivity index (χ1v) is 11.8. The van der Waals surface area contributed by atoms with Crippen LogP contribution in [0, 0.1) is 19.8 Å². The molecule has 3 aromatic rings. The van der Waals surface area contributed by atoms with Crippen molar-refractivity contribution in [1.82, 2.24) is 14.7 Å². The first kappa shape index (κ1) is 20.8. The van der Waals surface area contributed by atoms with Gasteiger partial charge in [-0.15, -0.1) is 0 Å². The summed E-state index contributed by atoms with van der Waals surface area (Å²) in [4.78, 5) is 17.8. The topological polar surface area (TPSA) is 41.4 Å². The summed E-state index contributed by atoms with van der Waals surface area (Å²) in [6.45, 7) is 8.70. The lowest BCUT2D eigenvalue weighted by Gasteiger charge is -2.34. The maximum Gasteiger partial charge on any atom is 0.253 e. The van der Waals surface area contributed by atoms with Gasteiger partial charge in [0.2, 0.25) is 0 Å². The number of aryl methyl sites for hydroxylation is 2. The number of anilines is 1. The molecule has 0 atom stereocenters. The van der Waals surface area contributed by atoms with Crippen LogP contribution >= 0.6 is 0 Å². The summed E-state index contributed by atoms with van der Waals surface area (Å²) < 4.78 is 2.00. The number of rotatable bonds is 5. The molecule has 32 heavy (non-hydrogen) atoms. The second kappa shape index (κ2) is 8.81. The fourth-order valence-corrected chi connectivity index (χ4v) is 5.22. The lowest BCUT2D eigenvalue weighted by molar-refractivity contribution is 0.0693. The Kier molecular flexibility index (Phi) is 5.73. The Bertz CT molecular complexity index is 1110. The largest absolute Gasteiger partial charge is 0.371 e. The molecule has 0 bridgehead atoms. The molecule has 1 fully saturated rings. The van der Waals surface area contributed by atoms with Gasteiger partial charge in [0.05, 0.1) is 12.2 Å². The van der Waals surface area contributed by atoms with E-state index in [9.17, 15) is 4.79 Å². The van der Waals surface area contributed by atoms with E-state index < -0.39 is 0 Å². The van der Waals surface area contributed by atoms with Gasteiger partial charge < -0.3 is 9.80 Å². The predicted molar refractivity (Wildman–Crippen MR) is 128 cm³/mol. The quantitative estimate of drug-likeness (QED) is 0.602. The first-order chi connectivity index (χ1) is 15.6. The van der Waals surface area contributed by atoms with Crippen molar-refractivity contribution in [3.63, 3.8) is 0 Å². The smallest absolute Gasteiger partial charge is 0.253 e. The third-order valence-corrected chi connectivity index (χ3v) is 6.97. The van der Waals surface area contributed by atoms with Crippen LogP contribution < -0.4 is 4.90 Å². The molecule has 2 aromatic carbocycles.